The van der Waals surface area contributed by atoms with E-state index >= 15 is 0 Å². The first-order valence-corrected chi connectivity index (χ1v) is 4.39. The van der Waals surface area contributed by atoms with Crippen molar-refractivity contribution in [2.45, 2.75) is 6.92 Å². The van der Waals surface area contributed by atoms with Crippen LogP contribution in [0.5, 0.6) is 0 Å². The van der Waals surface area contributed by atoms with Gasteiger partial charge in [-0.2, -0.15) is 0 Å². The fourth-order valence-electron chi connectivity index (χ4n) is 0.889. The summed E-state index contributed by atoms with van der Waals surface area (Å²) >= 11 is 0. The predicted octanol–water partition coefficient (Wildman–Crippen LogP) is -2.18. The van der Waals surface area contributed by atoms with Crippen LogP contribution in [0.3, 0.4) is 0 Å². The van der Waals surface area contributed by atoms with E-state index in [1.54, 1.807) is 6.92 Å². The first kappa shape index (κ1) is 13.4. The van der Waals surface area contributed by atoms with Crippen LogP contribution in [0.15, 0.2) is 0 Å². The van der Waals surface area contributed by atoms with E-state index in [0.29, 0.717) is 6.61 Å². The number of rotatable bonds is 7. The van der Waals surface area contributed by atoms with E-state index in [-0.39, 0.29) is 19.7 Å². The Hall–Kier alpha value is -1.63. The second-order valence-electron chi connectivity index (χ2n) is 2.82. The summed E-state index contributed by atoms with van der Waals surface area (Å²) in [4.78, 5) is 33.5. The molecule has 0 aliphatic heterocycles. The quantitative estimate of drug-likeness (QED) is 0.504. The van der Waals surface area contributed by atoms with Crippen LogP contribution < -0.4 is 11.5 Å². The van der Waals surface area contributed by atoms with Gasteiger partial charge in [0.15, 0.2) is 0 Å². The van der Waals surface area contributed by atoms with Gasteiger partial charge >= 0.3 is 0 Å². The zero-order valence-electron chi connectivity index (χ0n) is 8.56. The van der Waals surface area contributed by atoms with Crippen molar-refractivity contribution in [3.63, 3.8) is 0 Å². The number of hydrogen-bond donors (Lipinski definition) is 2. The fraction of sp³-hybridized carbons (Fsp3) is 0.625. The largest absolute Gasteiger partial charge is 0.372 e. The van der Waals surface area contributed by atoms with Crippen LogP contribution in [0.4, 0.5) is 0 Å². The number of ether oxygens (including phenoxy) is 1. The average Bonchev–Trinajstić information content (AvgIpc) is 2.11. The smallest absolute Gasteiger partial charge is 0.249 e. The molecule has 0 radical (unpaired) electrons. The van der Waals surface area contributed by atoms with Crippen molar-refractivity contribution in [1.82, 2.24) is 4.90 Å². The van der Waals surface area contributed by atoms with Crippen molar-refractivity contribution in [3.05, 3.63) is 0 Å². The van der Waals surface area contributed by atoms with Crippen LogP contribution >= 0.6 is 0 Å². The number of amides is 3. The van der Waals surface area contributed by atoms with Crippen LogP contribution in [0.1, 0.15) is 6.92 Å². The molecule has 0 saturated carbocycles. The minimum Gasteiger partial charge on any atom is -0.372 e. The summed E-state index contributed by atoms with van der Waals surface area (Å²) in [5, 5.41) is 0. The lowest BCUT2D eigenvalue weighted by molar-refractivity contribution is -0.141. The maximum Gasteiger partial charge on any atom is 0.249 e. The normalized spacial score (nSPS) is 9.67. The maximum absolute atomic E-state index is 11.4. The molecule has 3 amide bonds. The molecule has 7 nitrogen and oxygen atoms in total. The third kappa shape index (κ3) is 6.44. The summed E-state index contributed by atoms with van der Waals surface area (Å²) in [5.41, 5.74) is 9.82. The number of carbonyl (C=O) groups excluding carboxylic acids is 3. The molecule has 0 aromatic carbocycles. The highest BCUT2D eigenvalue weighted by atomic mass is 16.5. The van der Waals surface area contributed by atoms with Crippen LogP contribution in [0.2, 0.25) is 0 Å². The van der Waals surface area contributed by atoms with Gasteiger partial charge in [-0.1, -0.05) is 0 Å². The molecule has 0 aromatic heterocycles. The zero-order chi connectivity index (χ0) is 11.8. The molecule has 0 fully saturated rings. The molecular weight excluding hydrogens is 202 g/mol. The third-order valence-corrected chi connectivity index (χ3v) is 1.48. The van der Waals surface area contributed by atoms with Crippen molar-refractivity contribution in [1.29, 1.82) is 0 Å². The summed E-state index contributed by atoms with van der Waals surface area (Å²) in [6.07, 6.45) is 0. The van der Waals surface area contributed by atoms with E-state index < -0.39 is 17.7 Å². The van der Waals surface area contributed by atoms with Gasteiger partial charge in [0.25, 0.3) is 0 Å². The Morgan fingerprint density at radius 1 is 1.13 bits per heavy atom. The number of primary amides is 2. The van der Waals surface area contributed by atoms with Crippen LogP contribution in [-0.2, 0) is 19.1 Å². The Kier molecular flexibility index (Phi) is 6.03. The van der Waals surface area contributed by atoms with Crippen molar-refractivity contribution in [2.24, 2.45) is 11.5 Å². The molecule has 0 aliphatic carbocycles. The monoisotopic (exact) mass is 217 g/mol. The first-order chi connectivity index (χ1) is 6.97. The average molecular weight is 217 g/mol. The predicted molar refractivity (Wildman–Crippen MR) is 51.5 cm³/mol. The minimum absolute atomic E-state index is 0.197. The van der Waals surface area contributed by atoms with Gasteiger partial charge < -0.3 is 21.1 Å². The van der Waals surface area contributed by atoms with E-state index in [9.17, 15) is 14.4 Å². The van der Waals surface area contributed by atoms with Gasteiger partial charge in [0.1, 0.15) is 6.61 Å². The van der Waals surface area contributed by atoms with Gasteiger partial charge in [0.05, 0.1) is 13.1 Å². The van der Waals surface area contributed by atoms with E-state index in [2.05, 4.69) is 0 Å². The Morgan fingerprint density at radius 2 is 1.60 bits per heavy atom. The molecule has 0 saturated heterocycles. The van der Waals surface area contributed by atoms with E-state index in [1.807, 2.05) is 0 Å². The maximum atomic E-state index is 11.4. The SMILES string of the molecule is CCOCC(=O)N(CC(N)=O)CC(N)=O. The highest BCUT2D eigenvalue weighted by Crippen LogP contribution is 1.90. The van der Waals surface area contributed by atoms with Gasteiger partial charge in [-0.05, 0) is 6.92 Å². The van der Waals surface area contributed by atoms with Gasteiger partial charge in [-0.3, -0.25) is 14.4 Å². The van der Waals surface area contributed by atoms with Crippen molar-refractivity contribution in [2.75, 3.05) is 26.3 Å². The van der Waals surface area contributed by atoms with E-state index in [4.69, 9.17) is 16.2 Å². The molecule has 0 aromatic rings. The standard InChI is InChI=1S/C8H15N3O4/c1-2-15-5-8(14)11(3-6(9)12)4-7(10)13/h2-5H2,1H3,(H2,9,12)(H2,10,13). The molecule has 0 atom stereocenters. The summed E-state index contributed by atoms with van der Waals surface area (Å²) in [5.74, 6) is -1.91. The molecule has 0 rings (SSSR count). The van der Waals surface area contributed by atoms with Crippen molar-refractivity contribution >= 4 is 17.7 Å². The molecule has 0 spiro atoms. The van der Waals surface area contributed by atoms with Crippen LogP contribution in [0, 0.1) is 0 Å². The number of nitrogens with two attached hydrogens (primary N) is 2. The van der Waals surface area contributed by atoms with E-state index in [0.717, 1.165) is 4.90 Å². The molecule has 86 valence electrons. The Morgan fingerprint density at radius 3 is 1.93 bits per heavy atom. The van der Waals surface area contributed by atoms with Gasteiger partial charge in [-0.25, -0.2) is 0 Å². The molecule has 0 aliphatic rings. The number of nitrogens with zero attached hydrogens (tertiary/aromatic N) is 1. The van der Waals surface area contributed by atoms with Crippen LogP contribution in [-0.4, -0.2) is 48.9 Å². The topological polar surface area (TPSA) is 116 Å². The summed E-state index contributed by atoms with van der Waals surface area (Å²) in [7, 11) is 0. The molecule has 4 N–H and O–H groups in total. The van der Waals surface area contributed by atoms with E-state index in [1.165, 1.54) is 0 Å². The lowest BCUT2D eigenvalue weighted by atomic mass is 10.4. The number of carbonyl (C=O) groups is 3. The summed E-state index contributed by atoms with van der Waals surface area (Å²) in [6.45, 7) is 1.22. The second kappa shape index (κ2) is 6.77. The highest BCUT2D eigenvalue weighted by Gasteiger charge is 2.17. The Balaban J connectivity index is 4.26. The first-order valence-electron chi connectivity index (χ1n) is 4.39. The molecule has 7 heteroatoms. The lowest BCUT2D eigenvalue weighted by Gasteiger charge is -2.18. The number of hydrogen-bond acceptors (Lipinski definition) is 4. The Bertz CT molecular complexity index is 238. The summed E-state index contributed by atoms with van der Waals surface area (Å²) in [6, 6.07) is 0. The van der Waals surface area contributed by atoms with Crippen molar-refractivity contribution in [3.8, 4) is 0 Å². The van der Waals surface area contributed by atoms with Crippen molar-refractivity contribution < 1.29 is 19.1 Å². The minimum atomic E-state index is -0.707. The Labute approximate surface area is 87.3 Å². The third-order valence-electron chi connectivity index (χ3n) is 1.48. The molecule has 0 bridgehead atoms. The summed E-state index contributed by atoms with van der Waals surface area (Å²) < 4.78 is 4.84. The fourth-order valence-corrected chi connectivity index (χ4v) is 0.889. The molecule has 0 unspecified atom stereocenters. The lowest BCUT2D eigenvalue weighted by Crippen LogP contribution is -2.44. The second-order valence-corrected chi connectivity index (χ2v) is 2.82. The van der Waals surface area contributed by atoms with Gasteiger partial charge in [0.2, 0.25) is 17.7 Å². The van der Waals surface area contributed by atoms with Gasteiger partial charge in [-0.15, -0.1) is 0 Å². The van der Waals surface area contributed by atoms with Crippen LogP contribution in [0.25, 0.3) is 0 Å². The zero-order valence-corrected chi connectivity index (χ0v) is 8.56. The highest BCUT2D eigenvalue weighted by molar-refractivity contribution is 5.88. The molecular formula is C8H15N3O4. The van der Waals surface area contributed by atoms with Gasteiger partial charge in [0, 0.05) is 6.61 Å². The molecule has 15 heavy (non-hydrogen) atoms. The molecule has 0 heterocycles.